The molecule has 0 saturated heterocycles. The highest BCUT2D eigenvalue weighted by Crippen LogP contribution is 2.31. The normalized spacial score (nSPS) is 13.9. The second-order valence-electron chi connectivity index (χ2n) is 13.8. The summed E-state index contributed by atoms with van der Waals surface area (Å²) in [4.78, 5) is 56.0. The standard InChI is InChI=1S/C35H49N3O7/c1-11-23-18-15-19-25(20-23)28(38(33(2,3)4)30(41)27(22-39)37-32(43)45-35(8,9)10)29(40)36-26(31(42)44-34(5,6)7)21-24-16-13-12-14-17-24/h11-20,26-28,39H,1,21-22H2,2-10H3,(H,36,40)(H,37,43). The molecule has 0 saturated carbocycles. The van der Waals surface area contributed by atoms with E-state index in [1.54, 1.807) is 92.7 Å². The van der Waals surface area contributed by atoms with Gasteiger partial charge in [0.1, 0.15) is 29.3 Å². The summed E-state index contributed by atoms with van der Waals surface area (Å²) in [6.07, 6.45) is 0.858. The maximum Gasteiger partial charge on any atom is 0.408 e. The fourth-order valence-electron chi connectivity index (χ4n) is 4.59. The van der Waals surface area contributed by atoms with E-state index >= 15 is 0 Å². The zero-order valence-corrected chi connectivity index (χ0v) is 28.0. The topological polar surface area (TPSA) is 134 Å². The molecule has 0 radical (unpaired) electrons. The van der Waals surface area contributed by atoms with Crippen LogP contribution in [0.3, 0.4) is 0 Å². The first-order chi connectivity index (χ1) is 20.8. The Morgan fingerprint density at radius 2 is 1.44 bits per heavy atom. The molecule has 0 heterocycles. The van der Waals surface area contributed by atoms with Crippen LogP contribution in [0.25, 0.3) is 6.08 Å². The number of aliphatic hydroxyl groups is 1. The number of hydrogen-bond acceptors (Lipinski definition) is 7. The van der Waals surface area contributed by atoms with E-state index < -0.39 is 65.4 Å². The minimum absolute atomic E-state index is 0.143. The van der Waals surface area contributed by atoms with Gasteiger partial charge in [-0.05, 0) is 85.1 Å². The van der Waals surface area contributed by atoms with E-state index in [4.69, 9.17) is 9.47 Å². The highest BCUT2D eigenvalue weighted by atomic mass is 16.6. The molecule has 0 spiro atoms. The monoisotopic (exact) mass is 623 g/mol. The molecule has 3 atom stereocenters. The van der Waals surface area contributed by atoms with E-state index in [0.29, 0.717) is 11.1 Å². The summed E-state index contributed by atoms with van der Waals surface area (Å²) in [5.41, 5.74) is -0.740. The number of esters is 1. The number of benzene rings is 2. The minimum Gasteiger partial charge on any atom is -0.458 e. The van der Waals surface area contributed by atoms with Gasteiger partial charge in [0.2, 0.25) is 11.8 Å². The molecular formula is C35H49N3O7. The van der Waals surface area contributed by atoms with Crippen molar-refractivity contribution in [1.82, 2.24) is 15.5 Å². The Balaban J connectivity index is 2.64. The Kier molecular flexibility index (Phi) is 12.5. The Bertz CT molecular complexity index is 1340. The lowest BCUT2D eigenvalue weighted by molar-refractivity contribution is -0.159. The van der Waals surface area contributed by atoms with Crippen LogP contribution in [0.1, 0.15) is 85.0 Å². The number of rotatable bonds is 11. The third-order valence-electron chi connectivity index (χ3n) is 6.39. The Labute approximate surface area is 267 Å². The summed E-state index contributed by atoms with van der Waals surface area (Å²) in [6, 6.07) is 12.3. The number of ether oxygens (including phenoxy) is 2. The van der Waals surface area contributed by atoms with Crippen LogP contribution in [-0.2, 0) is 30.3 Å². The van der Waals surface area contributed by atoms with Crippen molar-refractivity contribution < 1.29 is 33.8 Å². The van der Waals surface area contributed by atoms with Crippen LogP contribution in [0, 0.1) is 0 Å². The zero-order valence-electron chi connectivity index (χ0n) is 28.0. The predicted octanol–water partition coefficient (Wildman–Crippen LogP) is 4.95. The molecule has 3 unspecified atom stereocenters. The molecule has 0 aromatic heterocycles. The Morgan fingerprint density at radius 3 is 1.96 bits per heavy atom. The molecule has 0 bridgehead atoms. The Hall–Kier alpha value is -4.18. The summed E-state index contributed by atoms with van der Waals surface area (Å²) >= 11 is 0. The van der Waals surface area contributed by atoms with Crippen molar-refractivity contribution >= 4 is 30.0 Å². The fourth-order valence-corrected chi connectivity index (χ4v) is 4.59. The van der Waals surface area contributed by atoms with E-state index in [2.05, 4.69) is 17.2 Å². The molecule has 246 valence electrons. The van der Waals surface area contributed by atoms with E-state index in [-0.39, 0.29) is 6.42 Å². The smallest absolute Gasteiger partial charge is 0.408 e. The van der Waals surface area contributed by atoms with Gasteiger partial charge in [0.05, 0.1) is 6.61 Å². The van der Waals surface area contributed by atoms with Gasteiger partial charge in [0, 0.05) is 12.0 Å². The quantitative estimate of drug-likeness (QED) is 0.302. The highest BCUT2D eigenvalue weighted by molar-refractivity contribution is 5.94. The van der Waals surface area contributed by atoms with Crippen molar-refractivity contribution in [1.29, 1.82) is 0 Å². The second kappa shape index (κ2) is 15.2. The molecule has 0 fully saturated rings. The van der Waals surface area contributed by atoms with Crippen LogP contribution in [-0.4, -0.2) is 69.3 Å². The van der Waals surface area contributed by atoms with Gasteiger partial charge in [-0.2, -0.15) is 0 Å². The van der Waals surface area contributed by atoms with Crippen LogP contribution in [0.5, 0.6) is 0 Å². The summed E-state index contributed by atoms with van der Waals surface area (Å²) in [7, 11) is 0. The summed E-state index contributed by atoms with van der Waals surface area (Å²) in [5.74, 6) is -2.01. The van der Waals surface area contributed by atoms with Crippen LogP contribution < -0.4 is 10.6 Å². The molecule has 0 aliphatic heterocycles. The average Bonchev–Trinajstić information content (AvgIpc) is 2.91. The number of aliphatic hydroxyl groups excluding tert-OH is 1. The van der Waals surface area contributed by atoms with Gasteiger partial charge < -0.3 is 30.1 Å². The maximum absolute atomic E-state index is 14.4. The highest BCUT2D eigenvalue weighted by Gasteiger charge is 2.43. The van der Waals surface area contributed by atoms with Crippen LogP contribution in [0.2, 0.25) is 0 Å². The fraction of sp³-hybridized carbons (Fsp3) is 0.486. The molecule has 2 aromatic carbocycles. The van der Waals surface area contributed by atoms with Crippen molar-refractivity contribution in [3.05, 3.63) is 77.9 Å². The average molecular weight is 624 g/mol. The zero-order chi connectivity index (χ0) is 34.2. The third kappa shape index (κ3) is 11.7. The second-order valence-corrected chi connectivity index (χ2v) is 13.8. The van der Waals surface area contributed by atoms with Crippen molar-refractivity contribution in [3.8, 4) is 0 Å². The van der Waals surface area contributed by atoms with Crippen molar-refractivity contribution in [2.24, 2.45) is 0 Å². The van der Waals surface area contributed by atoms with Gasteiger partial charge in [0.25, 0.3) is 0 Å². The Morgan fingerprint density at radius 1 is 0.844 bits per heavy atom. The molecule has 0 aliphatic carbocycles. The van der Waals surface area contributed by atoms with Gasteiger partial charge in [-0.25, -0.2) is 9.59 Å². The predicted molar refractivity (Wildman–Crippen MR) is 174 cm³/mol. The van der Waals surface area contributed by atoms with Crippen LogP contribution in [0.15, 0.2) is 61.2 Å². The lowest BCUT2D eigenvalue weighted by atomic mass is 9.94. The van der Waals surface area contributed by atoms with Crippen molar-refractivity contribution in [2.75, 3.05) is 6.61 Å². The van der Waals surface area contributed by atoms with Crippen LogP contribution >= 0.6 is 0 Å². The number of carbonyl (C=O) groups excluding carboxylic acids is 4. The van der Waals surface area contributed by atoms with Gasteiger partial charge in [-0.1, -0.05) is 61.2 Å². The number of nitrogens with one attached hydrogen (secondary N) is 2. The van der Waals surface area contributed by atoms with Gasteiger partial charge in [0.15, 0.2) is 0 Å². The van der Waals surface area contributed by atoms with E-state index in [0.717, 1.165) is 5.56 Å². The lowest BCUT2D eigenvalue weighted by Gasteiger charge is -2.43. The SMILES string of the molecule is C=Cc1cccc(C(C(=O)NC(Cc2ccccc2)C(=O)OC(C)(C)C)N(C(=O)C(CO)NC(=O)OC(C)(C)C)C(C)(C)C)c1. The molecule has 2 aromatic rings. The van der Waals surface area contributed by atoms with Crippen molar-refractivity contribution in [3.63, 3.8) is 0 Å². The number of nitrogens with zero attached hydrogens (tertiary/aromatic N) is 1. The van der Waals surface area contributed by atoms with Gasteiger partial charge in [-0.15, -0.1) is 0 Å². The number of carbonyl (C=O) groups is 4. The van der Waals surface area contributed by atoms with E-state index in [9.17, 15) is 24.3 Å². The first-order valence-corrected chi connectivity index (χ1v) is 15.0. The summed E-state index contributed by atoms with van der Waals surface area (Å²) < 4.78 is 11.0. The number of hydrogen-bond donors (Lipinski definition) is 3. The molecule has 2 rings (SSSR count). The molecule has 10 nitrogen and oxygen atoms in total. The largest absolute Gasteiger partial charge is 0.458 e. The van der Waals surface area contributed by atoms with E-state index in [1.165, 1.54) is 4.90 Å². The summed E-state index contributed by atoms with van der Waals surface area (Å²) in [5, 5.41) is 15.5. The van der Waals surface area contributed by atoms with Gasteiger partial charge >= 0.3 is 12.1 Å². The molecule has 3 N–H and O–H groups in total. The first kappa shape index (κ1) is 37.0. The van der Waals surface area contributed by atoms with Gasteiger partial charge in [-0.3, -0.25) is 9.59 Å². The van der Waals surface area contributed by atoms with Crippen LogP contribution in [0.4, 0.5) is 4.79 Å². The first-order valence-electron chi connectivity index (χ1n) is 15.0. The minimum atomic E-state index is -1.43. The molecule has 3 amide bonds. The van der Waals surface area contributed by atoms with E-state index in [1.807, 2.05) is 30.3 Å². The van der Waals surface area contributed by atoms with Crippen molar-refractivity contribution in [2.45, 2.75) is 104 Å². The maximum atomic E-state index is 14.4. The number of amides is 3. The number of alkyl carbamates (subject to hydrolysis) is 1. The molecule has 45 heavy (non-hydrogen) atoms. The molecule has 10 heteroatoms. The third-order valence-corrected chi connectivity index (χ3v) is 6.39. The molecule has 0 aliphatic rings. The summed E-state index contributed by atoms with van der Waals surface area (Å²) in [6.45, 7) is 18.5. The molecular weight excluding hydrogens is 574 g/mol. The lowest BCUT2D eigenvalue weighted by Crippen LogP contribution is -2.60.